The minimum Gasteiger partial charge on any atom is -0.390 e. The molecule has 0 radical (unpaired) electrons. The van der Waals surface area contributed by atoms with Gasteiger partial charge in [-0.15, -0.1) is 0 Å². The van der Waals surface area contributed by atoms with Crippen LogP contribution in [-0.4, -0.2) is 90.3 Å². The van der Waals surface area contributed by atoms with E-state index in [1.54, 1.807) is 14.0 Å². The number of allylic oxidation sites excluding steroid dienone is 5. The van der Waals surface area contributed by atoms with Crippen LogP contribution in [0.5, 0.6) is 0 Å². The molecule has 7 N–H and O–H groups in total. The Bertz CT molecular complexity index is 1400. The number of nitrogens with zero attached hydrogens (tertiary/aromatic N) is 1. The lowest BCUT2D eigenvalue weighted by Gasteiger charge is -2.63. The van der Waals surface area contributed by atoms with E-state index in [1.165, 1.54) is 5.06 Å². The standard InChI is InChI=1S/C36H54N2O8/c1-19-20(2)38(46-21(19)3)34(6,43)36(45)13-12-35(44)27-9-8-25-15-22(14-23-17-24(18-37-7)30(41)31(42)29(23)40)16-28(39)33(25,5)26(27)10-11-32(35,36)4/h8,14,22,24,26-27,29-31,37,40-45H,3,9-13,15-18H2,1-2,4-7H3. The zero-order chi connectivity index (χ0) is 33.8. The highest BCUT2D eigenvalue weighted by Gasteiger charge is 2.77. The van der Waals surface area contributed by atoms with E-state index < -0.39 is 46.1 Å². The predicted molar refractivity (Wildman–Crippen MR) is 171 cm³/mol. The van der Waals surface area contributed by atoms with Crippen molar-refractivity contribution in [3.8, 4) is 0 Å². The number of ketones is 1. The molecule has 0 saturated heterocycles. The molecule has 4 fully saturated rings. The average Bonchev–Trinajstić information content (AvgIpc) is 3.40. The normalized spacial score (nSPS) is 48.1. The molecule has 1 aliphatic heterocycles. The molecule has 6 rings (SSSR count). The largest absolute Gasteiger partial charge is 0.390 e. The second-order valence-corrected chi connectivity index (χ2v) is 15.9. The average molecular weight is 643 g/mol. The van der Waals surface area contributed by atoms with Gasteiger partial charge in [0, 0.05) is 29.9 Å². The van der Waals surface area contributed by atoms with Crippen LogP contribution in [0.2, 0.25) is 0 Å². The van der Waals surface area contributed by atoms with Gasteiger partial charge in [-0.05, 0) is 103 Å². The topological polar surface area (TPSA) is 163 Å². The first-order valence-electron chi connectivity index (χ1n) is 17.0. The maximum Gasteiger partial charge on any atom is 0.198 e. The number of Topliss-reactive ketones (excluding diaryl/α,β-unsaturated/α-hetero) is 1. The number of aliphatic hydroxyl groups is 6. The van der Waals surface area contributed by atoms with E-state index in [4.69, 9.17) is 4.84 Å². The summed E-state index contributed by atoms with van der Waals surface area (Å²) in [5.41, 5.74) is -3.57. The first-order chi connectivity index (χ1) is 21.4. The lowest BCUT2D eigenvalue weighted by molar-refractivity contribution is -0.341. The van der Waals surface area contributed by atoms with Crippen LogP contribution in [0.1, 0.15) is 86.0 Å². The maximum absolute atomic E-state index is 14.2. The SMILES string of the molecule is C=C1ON(C(C)(O)C2(O)CCC3(O)C4CC=C5CC(C=C6CC(CNC)C(O)C(O)C6O)CC(=O)C5(C)C4CCC32C)C(C)=C1C. The van der Waals surface area contributed by atoms with Crippen molar-refractivity contribution in [2.24, 2.45) is 34.5 Å². The summed E-state index contributed by atoms with van der Waals surface area (Å²) >= 11 is 0. The van der Waals surface area contributed by atoms with Gasteiger partial charge in [-0.1, -0.05) is 31.2 Å². The molecule has 12 unspecified atom stereocenters. The molecule has 10 nitrogen and oxygen atoms in total. The number of carbonyl (C=O) groups is 1. The molecule has 0 amide bonds. The molecule has 0 spiro atoms. The quantitative estimate of drug-likeness (QED) is 0.222. The molecule has 6 aliphatic rings. The van der Waals surface area contributed by atoms with Crippen LogP contribution in [-0.2, 0) is 9.63 Å². The van der Waals surface area contributed by atoms with Crippen molar-refractivity contribution in [3.63, 3.8) is 0 Å². The summed E-state index contributed by atoms with van der Waals surface area (Å²) < 4.78 is 0. The summed E-state index contributed by atoms with van der Waals surface area (Å²) in [7, 11) is 1.79. The van der Waals surface area contributed by atoms with E-state index in [2.05, 4.69) is 18.0 Å². The van der Waals surface area contributed by atoms with Gasteiger partial charge in [-0.2, -0.15) is 5.06 Å². The summed E-state index contributed by atoms with van der Waals surface area (Å²) in [6, 6.07) is 0. The third kappa shape index (κ3) is 4.30. The van der Waals surface area contributed by atoms with Gasteiger partial charge in [0.2, 0.25) is 0 Å². The van der Waals surface area contributed by atoms with Crippen LogP contribution >= 0.6 is 0 Å². The van der Waals surface area contributed by atoms with Crippen molar-refractivity contribution < 1.29 is 40.3 Å². The molecule has 256 valence electrons. The Kier molecular flexibility index (Phi) is 8.08. The third-order valence-electron chi connectivity index (χ3n) is 13.9. The number of nitrogens with one attached hydrogen (secondary N) is 1. The van der Waals surface area contributed by atoms with Crippen LogP contribution in [0.25, 0.3) is 0 Å². The number of aliphatic hydroxyl groups excluding tert-OH is 3. The van der Waals surface area contributed by atoms with Gasteiger partial charge in [-0.3, -0.25) is 4.79 Å². The highest BCUT2D eigenvalue weighted by atomic mass is 16.7. The van der Waals surface area contributed by atoms with Crippen LogP contribution in [0, 0.1) is 34.5 Å². The minimum absolute atomic E-state index is 0.104. The number of hydrogen-bond acceptors (Lipinski definition) is 10. The maximum atomic E-state index is 14.2. The molecule has 0 bridgehead atoms. The van der Waals surface area contributed by atoms with Gasteiger partial charge in [0.05, 0.1) is 22.8 Å². The van der Waals surface area contributed by atoms with Gasteiger partial charge >= 0.3 is 0 Å². The van der Waals surface area contributed by atoms with Crippen LogP contribution in [0.4, 0.5) is 0 Å². The summed E-state index contributed by atoms with van der Waals surface area (Å²) in [5, 5.41) is 73.5. The van der Waals surface area contributed by atoms with Crippen molar-refractivity contribution in [2.45, 2.75) is 121 Å². The van der Waals surface area contributed by atoms with E-state index in [1.807, 2.05) is 33.8 Å². The second kappa shape index (κ2) is 11.0. The molecular formula is C36H54N2O8. The molecule has 5 aliphatic carbocycles. The Morgan fingerprint density at radius 1 is 1.09 bits per heavy atom. The Labute approximate surface area is 272 Å². The van der Waals surface area contributed by atoms with Gasteiger partial charge in [-0.25, -0.2) is 0 Å². The van der Waals surface area contributed by atoms with Crippen molar-refractivity contribution >= 4 is 5.78 Å². The third-order valence-corrected chi connectivity index (χ3v) is 13.9. The fraction of sp³-hybridized carbons (Fsp3) is 0.750. The second-order valence-electron chi connectivity index (χ2n) is 15.9. The summed E-state index contributed by atoms with van der Waals surface area (Å²) in [6.07, 6.45) is 4.02. The van der Waals surface area contributed by atoms with E-state index in [0.29, 0.717) is 55.7 Å². The van der Waals surface area contributed by atoms with Gasteiger partial charge in [0.25, 0.3) is 0 Å². The summed E-state index contributed by atoms with van der Waals surface area (Å²) in [4.78, 5) is 20.1. The zero-order valence-corrected chi connectivity index (χ0v) is 28.2. The number of carbonyl (C=O) groups excluding carboxylic acids is 1. The highest BCUT2D eigenvalue weighted by Crippen LogP contribution is 2.70. The zero-order valence-electron chi connectivity index (χ0n) is 28.2. The van der Waals surface area contributed by atoms with E-state index in [0.717, 1.165) is 11.1 Å². The minimum atomic E-state index is -1.86. The Morgan fingerprint density at radius 3 is 2.41 bits per heavy atom. The molecule has 10 heteroatoms. The van der Waals surface area contributed by atoms with Crippen LogP contribution < -0.4 is 5.32 Å². The van der Waals surface area contributed by atoms with Crippen LogP contribution in [0.3, 0.4) is 0 Å². The predicted octanol–water partition coefficient (Wildman–Crippen LogP) is 2.60. The Balaban J connectivity index is 1.28. The van der Waals surface area contributed by atoms with E-state index in [-0.39, 0.29) is 48.7 Å². The smallest absolute Gasteiger partial charge is 0.198 e. The fourth-order valence-corrected chi connectivity index (χ4v) is 10.7. The number of hydrogen-bond donors (Lipinski definition) is 7. The molecule has 12 atom stereocenters. The highest BCUT2D eigenvalue weighted by molar-refractivity contribution is 5.90. The monoisotopic (exact) mass is 642 g/mol. The molecular weight excluding hydrogens is 588 g/mol. The van der Waals surface area contributed by atoms with Crippen molar-refractivity contribution in [3.05, 3.63) is 46.9 Å². The van der Waals surface area contributed by atoms with Gasteiger partial charge in [0.15, 0.2) is 11.5 Å². The lowest BCUT2D eigenvalue weighted by atomic mass is 9.44. The molecule has 4 saturated carbocycles. The first-order valence-corrected chi connectivity index (χ1v) is 17.0. The Hall–Kier alpha value is -2.05. The van der Waals surface area contributed by atoms with E-state index >= 15 is 0 Å². The fourth-order valence-electron chi connectivity index (χ4n) is 10.7. The summed E-state index contributed by atoms with van der Waals surface area (Å²) in [6.45, 7) is 13.6. The molecule has 0 aromatic rings. The number of fused-ring (bicyclic) bond motifs is 5. The first kappa shape index (κ1) is 33.8. The van der Waals surface area contributed by atoms with E-state index in [9.17, 15) is 35.4 Å². The van der Waals surface area contributed by atoms with Crippen molar-refractivity contribution in [2.75, 3.05) is 13.6 Å². The Morgan fingerprint density at radius 2 is 1.78 bits per heavy atom. The van der Waals surface area contributed by atoms with Crippen LogP contribution in [0.15, 0.2) is 46.9 Å². The van der Waals surface area contributed by atoms with Crippen molar-refractivity contribution in [1.82, 2.24) is 10.4 Å². The molecule has 0 aromatic heterocycles. The van der Waals surface area contributed by atoms with Crippen molar-refractivity contribution in [1.29, 1.82) is 0 Å². The van der Waals surface area contributed by atoms with Gasteiger partial charge in [0.1, 0.15) is 23.6 Å². The summed E-state index contributed by atoms with van der Waals surface area (Å²) in [5.74, 6) is -0.262. The molecule has 46 heavy (non-hydrogen) atoms. The molecule has 1 heterocycles. The number of rotatable bonds is 5. The number of hydroxylamine groups is 2. The molecule has 0 aromatic carbocycles. The van der Waals surface area contributed by atoms with Gasteiger partial charge < -0.3 is 40.8 Å². The lowest BCUT2D eigenvalue weighted by Crippen LogP contribution is -2.72.